The monoisotopic (exact) mass is 476 g/mol. The highest BCUT2D eigenvalue weighted by atomic mass is 28.4. The fourth-order valence-corrected chi connectivity index (χ4v) is 11.0. The van der Waals surface area contributed by atoms with E-state index in [0.29, 0.717) is 28.8 Å². The van der Waals surface area contributed by atoms with Gasteiger partial charge >= 0.3 is 0 Å². The molecule has 0 N–H and O–H groups in total. The van der Waals surface area contributed by atoms with Gasteiger partial charge in [0, 0.05) is 12.0 Å². The Balaban J connectivity index is 1.70. The van der Waals surface area contributed by atoms with E-state index in [1.807, 2.05) is 0 Å². The minimum absolute atomic E-state index is 0.424. The standard InChI is InChI=1S/C28H52O2Si2/c1-19(2)22-11-12-23-26-24(14-16-28(22,23)4)27(3)15-13-21(29-31(5,6)7)17-20(27)18-25(26)30-32(8,9)10/h18-24,26H,11-17H2,1-10H3/t20?,21-,22-,23?,24?,26?,27?,28?/m1/s1. The van der Waals surface area contributed by atoms with E-state index in [9.17, 15) is 0 Å². The van der Waals surface area contributed by atoms with Gasteiger partial charge in [-0.1, -0.05) is 27.7 Å². The molecule has 0 heterocycles. The third-order valence-electron chi connectivity index (χ3n) is 10.0. The van der Waals surface area contributed by atoms with E-state index < -0.39 is 16.6 Å². The first-order valence-electron chi connectivity index (χ1n) is 13.7. The lowest BCUT2D eigenvalue weighted by Gasteiger charge is -2.60. The van der Waals surface area contributed by atoms with E-state index in [4.69, 9.17) is 8.85 Å². The molecule has 0 aliphatic heterocycles. The summed E-state index contributed by atoms with van der Waals surface area (Å²) in [4.78, 5) is 0. The third kappa shape index (κ3) is 4.46. The second-order valence-electron chi connectivity index (χ2n) is 14.7. The second kappa shape index (κ2) is 8.26. The van der Waals surface area contributed by atoms with E-state index >= 15 is 0 Å². The average Bonchev–Trinajstić information content (AvgIpc) is 2.97. The minimum atomic E-state index is -1.66. The average molecular weight is 477 g/mol. The van der Waals surface area contributed by atoms with Crippen molar-refractivity contribution in [2.45, 2.75) is 118 Å². The van der Waals surface area contributed by atoms with Gasteiger partial charge in [-0.05, 0) is 131 Å². The minimum Gasteiger partial charge on any atom is -0.547 e. The Labute approximate surface area is 201 Å². The van der Waals surface area contributed by atoms with E-state index in [-0.39, 0.29) is 0 Å². The first-order valence-corrected chi connectivity index (χ1v) is 20.5. The van der Waals surface area contributed by atoms with E-state index in [2.05, 4.69) is 73.1 Å². The molecule has 6 unspecified atom stereocenters. The molecule has 0 radical (unpaired) electrons. The molecule has 0 bridgehead atoms. The fourth-order valence-electron chi connectivity index (χ4n) is 8.83. The smallest absolute Gasteiger partial charge is 0.241 e. The summed E-state index contributed by atoms with van der Waals surface area (Å²) in [5.74, 6) is 5.98. The molecule has 4 rings (SSSR count). The molecule has 4 aliphatic rings. The van der Waals surface area contributed by atoms with E-state index in [0.717, 1.165) is 23.7 Å². The topological polar surface area (TPSA) is 18.5 Å². The summed E-state index contributed by atoms with van der Waals surface area (Å²) in [6.45, 7) is 24.4. The van der Waals surface area contributed by atoms with Crippen LogP contribution in [0.15, 0.2) is 11.8 Å². The summed E-state index contributed by atoms with van der Waals surface area (Å²) in [5.41, 5.74) is 0.923. The van der Waals surface area contributed by atoms with Crippen molar-refractivity contribution < 1.29 is 8.85 Å². The molecule has 3 saturated carbocycles. The van der Waals surface area contributed by atoms with Crippen molar-refractivity contribution in [2.24, 2.45) is 46.3 Å². The molecule has 4 heteroatoms. The van der Waals surface area contributed by atoms with Crippen LogP contribution in [-0.4, -0.2) is 22.7 Å². The lowest BCUT2D eigenvalue weighted by Crippen LogP contribution is -2.55. The molecule has 0 saturated heterocycles. The Morgan fingerprint density at radius 3 is 2.06 bits per heavy atom. The van der Waals surface area contributed by atoms with Crippen LogP contribution in [0.25, 0.3) is 0 Å². The Morgan fingerprint density at radius 2 is 1.47 bits per heavy atom. The molecule has 0 amide bonds. The third-order valence-corrected chi connectivity index (χ3v) is 11.9. The van der Waals surface area contributed by atoms with Crippen molar-refractivity contribution in [2.75, 3.05) is 0 Å². The molecule has 184 valence electrons. The van der Waals surface area contributed by atoms with Gasteiger partial charge in [0.05, 0.1) is 5.76 Å². The number of hydrogen-bond donors (Lipinski definition) is 0. The maximum atomic E-state index is 7.00. The highest BCUT2D eigenvalue weighted by molar-refractivity contribution is 6.70. The van der Waals surface area contributed by atoms with Gasteiger partial charge in [0.1, 0.15) is 0 Å². The predicted molar refractivity (Wildman–Crippen MR) is 142 cm³/mol. The van der Waals surface area contributed by atoms with Gasteiger partial charge < -0.3 is 8.85 Å². The molecule has 8 atom stereocenters. The Bertz CT molecular complexity index is 733. The Kier molecular flexibility index (Phi) is 6.46. The fraction of sp³-hybridized carbons (Fsp3) is 0.929. The Hall–Kier alpha value is -0.0662. The molecular formula is C28H52O2Si2. The summed E-state index contributed by atoms with van der Waals surface area (Å²) >= 11 is 0. The predicted octanol–water partition coefficient (Wildman–Crippen LogP) is 8.48. The highest BCUT2D eigenvalue weighted by Gasteiger charge is 2.61. The summed E-state index contributed by atoms with van der Waals surface area (Å²) < 4.78 is 13.6. The molecule has 4 aliphatic carbocycles. The van der Waals surface area contributed by atoms with Gasteiger partial charge in [0.2, 0.25) is 8.32 Å². The van der Waals surface area contributed by atoms with Gasteiger partial charge in [-0.25, -0.2) is 0 Å². The van der Waals surface area contributed by atoms with Crippen LogP contribution < -0.4 is 0 Å². The van der Waals surface area contributed by atoms with Crippen molar-refractivity contribution in [3.05, 3.63) is 11.8 Å². The van der Waals surface area contributed by atoms with Gasteiger partial charge in [-0.3, -0.25) is 0 Å². The SMILES string of the molecule is CC(C)[C@H]1CCC2C3C(O[Si](C)(C)C)=CC4C[C@H](O[Si](C)(C)C)CCC4(C)C3CCC21C. The van der Waals surface area contributed by atoms with Gasteiger partial charge in [-0.15, -0.1) is 0 Å². The number of fused-ring (bicyclic) bond motifs is 5. The normalized spacial score (nSPS) is 44.5. The molecule has 32 heavy (non-hydrogen) atoms. The van der Waals surface area contributed by atoms with Crippen LogP contribution in [0.3, 0.4) is 0 Å². The summed E-state index contributed by atoms with van der Waals surface area (Å²) in [5, 5.41) is 0. The van der Waals surface area contributed by atoms with Crippen LogP contribution in [-0.2, 0) is 8.85 Å². The Morgan fingerprint density at radius 1 is 0.844 bits per heavy atom. The van der Waals surface area contributed by atoms with Crippen LogP contribution in [0.5, 0.6) is 0 Å². The van der Waals surface area contributed by atoms with Crippen LogP contribution in [0, 0.1) is 46.3 Å². The molecule has 0 aromatic carbocycles. The van der Waals surface area contributed by atoms with Gasteiger partial charge in [0.15, 0.2) is 8.32 Å². The number of allylic oxidation sites excluding steroid dienone is 2. The number of hydrogen-bond acceptors (Lipinski definition) is 2. The molecule has 0 spiro atoms. The first kappa shape index (κ1) is 25.0. The highest BCUT2D eigenvalue weighted by Crippen LogP contribution is 2.68. The largest absolute Gasteiger partial charge is 0.547 e. The van der Waals surface area contributed by atoms with Crippen molar-refractivity contribution in [1.29, 1.82) is 0 Å². The first-order chi connectivity index (χ1) is 14.6. The van der Waals surface area contributed by atoms with Crippen molar-refractivity contribution in [1.82, 2.24) is 0 Å². The van der Waals surface area contributed by atoms with Crippen molar-refractivity contribution >= 4 is 16.6 Å². The van der Waals surface area contributed by atoms with Gasteiger partial charge in [-0.2, -0.15) is 0 Å². The van der Waals surface area contributed by atoms with E-state index in [1.165, 1.54) is 50.7 Å². The summed E-state index contributed by atoms with van der Waals surface area (Å²) in [7, 11) is -3.16. The molecular weight excluding hydrogens is 424 g/mol. The number of rotatable bonds is 5. The lowest BCUT2D eigenvalue weighted by atomic mass is 9.46. The quantitative estimate of drug-likeness (QED) is 0.370. The van der Waals surface area contributed by atoms with Crippen molar-refractivity contribution in [3.63, 3.8) is 0 Å². The van der Waals surface area contributed by atoms with E-state index in [1.54, 1.807) is 0 Å². The molecule has 3 fully saturated rings. The zero-order chi connectivity index (χ0) is 23.7. The van der Waals surface area contributed by atoms with Crippen LogP contribution >= 0.6 is 0 Å². The lowest BCUT2D eigenvalue weighted by molar-refractivity contribution is -0.0939. The zero-order valence-electron chi connectivity index (χ0n) is 22.9. The van der Waals surface area contributed by atoms with Crippen molar-refractivity contribution in [3.8, 4) is 0 Å². The molecule has 2 nitrogen and oxygen atoms in total. The second-order valence-corrected chi connectivity index (χ2v) is 23.6. The maximum absolute atomic E-state index is 7.00. The summed E-state index contributed by atoms with van der Waals surface area (Å²) in [6, 6.07) is 0. The zero-order valence-corrected chi connectivity index (χ0v) is 24.9. The van der Waals surface area contributed by atoms with Crippen LogP contribution in [0.4, 0.5) is 0 Å². The van der Waals surface area contributed by atoms with Gasteiger partial charge in [0.25, 0.3) is 0 Å². The maximum Gasteiger partial charge on any atom is 0.241 e. The molecule has 0 aromatic rings. The summed E-state index contributed by atoms with van der Waals surface area (Å²) in [6.07, 6.45) is 12.6. The molecule has 0 aromatic heterocycles. The van der Waals surface area contributed by atoms with Crippen LogP contribution in [0.2, 0.25) is 39.3 Å². The van der Waals surface area contributed by atoms with Crippen LogP contribution in [0.1, 0.15) is 72.6 Å².